The average Bonchev–Trinajstić information content (AvgIpc) is 3.39. The number of nitrogen functional groups attached to an aromatic ring is 1. The molecule has 1 aliphatic rings. The number of aryl methyl sites for hydroxylation is 1. The first kappa shape index (κ1) is 22.7. The molecular formula is C24H30FN7O. The lowest BCUT2D eigenvalue weighted by Gasteiger charge is -2.24. The highest BCUT2D eigenvalue weighted by atomic mass is 19.1. The number of amides is 1. The predicted octanol–water partition coefficient (Wildman–Crippen LogP) is 3.20. The molecule has 1 unspecified atom stereocenters. The number of fused-ring (bicyclic) bond motifs is 1. The van der Waals surface area contributed by atoms with E-state index >= 15 is 0 Å². The topological polar surface area (TPSA) is 91.3 Å². The molecule has 8 nitrogen and oxygen atoms in total. The summed E-state index contributed by atoms with van der Waals surface area (Å²) in [6, 6.07) is 5.36. The Morgan fingerprint density at radius 1 is 1.39 bits per heavy atom. The molecule has 0 aliphatic carbocycles. The molecule has 0 saturated carbocycles. The van der Waals surface area contributed by atoms with Crippen LogP contribution in [-0.2, 0) is 0 Å². The van der Waals surface area contributed by atoms with Crippen molar-refractivity contribution in [3.05, 3.63) is 53.2 Å². The quantitative estimate of drug-likeness (QED) is 0.444. The van der Waals surface area contributed by atoms with Crippen molar-refractivity contribution in [2.24, 2.45) is 4.99 Å². The minimum absolute atomic E-state index is 0.217. The summed E-state index contributed by atoms with van der Waals surface area (Å²) in [4.78, 5) is 26.1. The fourth-order valence-corrected chi connectivity index (χ4v) is 4.25. The van der Waals surface area contributed by atoms with E-state index in [1.165, 1.54) is 6.07 Å². The molecule has 0 radical (unpaired) electrons. The predicted molar refractivity (Wildman–Crippen MR) is 131 cm³/mol. The summed E-state index contributed by atoms with van der Waals surface area (Å²) >= 11 is 0. The largest absolute Gasteiger partial charge is 0.397 e. The van der Waals surface area contributed by atoms with Crippen molar-refractivity contribution in [3.63, 3.8) is 0 Å². The number of nitrogens with one attached hydrogen (secondary N) is 1. The van der Waals surface area contributed by atoms with Gasteiger partial charge in [-0.05, 0) is 46.5 Å². The zero-order valence-electron chi connectivity index (χ0n) is 19.5. The van der Waals surface area contributed by atoms with Gasteiger partial charge in [-0.1, -0.05) is 0 Å². The molecule has 33 heavy (non-hydrogen) atoms. The van der Waals surface area contributed by atoms with Crippen molar-refractivity contribution >= 4 is 34.8 Å². The molecule has 4 rings (SSSR count). The second kappa shape index (κ2) is 9.19. The fraction of sp³-hybridized carbons (Fsp3) is 0.375. The van der Waals surface area contributed by atoms with Crippen LogP contribution in [0.1, 0.15) is 35.0 Å². The van der Waals surface area contributed by atoms with Gasteiger partial charge < -0.3 is 25.3 Å². The van der Waals surface area contributed by atoms with Crippen LogP contribution in [0.5, 0.6) is 0 Å². The highest BCUT2D eigenvalue weighted by molar-refractivity contribution is 6.11. The number of benzene rings is 1. The van der Waals surface area contributed by atoms with E-state index in [4.69, 9.17) is 5.73 Å². The van der Waals surface area contributed by atoms with Crippen LogP contribution in [0.2, 0.25) is 0 Å². The zero-order valence-corrected chi connectivity index (χ0v) is 19.5. The molecule has 3 heterocycles. The summed E-state index contributed by atoms with van der Waals surface area (Å²) in [6.07, 6.45) is 6.13. The van der Waals surface area contributed by atoms with E-state index in [-0.39, 0.29) is 5.65 Å². The van der Waals surface area contributed by atoms with E-state index in [9.17, 15) is 9.18 Å². The Bertz CT molecular complexity index is 1220. The molecule has 1 atom stereocenters. The van der Waals surface area contributed by atoms with Gasteiger partial charge >= 0.3 is 0 Å². The number of nitrogens with zero attached hydrogens (tertiary/aromatic N) is 5. The third-order valence-corrected chi connectivity index (χ3v) is 6.03. The molecule has 0 bridgehead atoms. The van der Waals surface area contributed by atoms with E-state index in [2.05, 4.69) is 39.2 Å². The first-order valence-electron chi connectivity index (χ1n) is 11.1. The summed E-state index contributed by atoms with van der Waals surface area (Å²) < 4.78 is 16.0. The molecule has 2 aromatic heterocycles. The van der Waals surface area contributed by atoms with E-state index in [1.807, 2.05) is 13.0 Å². The number of hydrogen-bond donors (Lipinski definition) is 2. The first-order valence-corrected chi connectivity index (χ1v) is 11.1. The van der Waals surface area contributed by atoms with Gasteiger partial charge in [-0.15, -0.1) is 0 Å². The number of pyridine rings is 1. The van der Waals surface area contributed by atoms with Crippen molar-refractivity contribution < 1.29 is 9.18 Å². The van der Waals surface area contributed by atoms with Gasteiger partial charge in [0.05, 0.1) is 22.6 Å². The molecule has 1 amide bonds. The molecular weight excluding hydrogens is 421 g/mol. The lowest BCUT2D eigenvalue weighted by molar-refractivity contribution is 0.102. The number of aromatic nitrogens is 2. The number of imidazole rings is 1. The minimum Gasteiger partial charge on any atom is -0.397 e. The smallest absolute Gasteiger partial charge is 0.257 e. The summed E-state index contributed by atoms with van der Waals surface area (Å²) in [5, 5.41) is 2.76. The highest BCUT2D eigenvalue weighted by Gasteiger charge is 2.27. The summed E-state index contributed by atoms with van der Waals surface area (Å²) in [7, 11) is 4.17. The monoisotopic (exact) mass is 451 g/mol. The number of carbonyl (C=O) groups is 1. The lowest BCUT2D eigenvalue weighted by Crippen LogP contribution is -2.32. The molecule has 1 aromatic carbocycles. The van der Waals surface area contributed by atoms with Crippen molar-refractivity contribution in [3.8, 4) is 0 Å². The number of rotatable bonds is 6. The molecule has 1 fully saturated rings. The number of anilines is 3. The third kappa shape index (κ3) is 4.54. The molecule has 0 spiro atoms. The van der Waals surface area contributed by atoms with E-state index in [1.54, 1.807) is 36.0 Å². The van der Waals surface area contributed by atoms with Crippen LogP contribution < -0.4 is 16.0 Å². The Morgan fingerprint density at radius 3 is 2.88 bits per heavy atom. The van der Waals surface area contributed by atoms with Gasteiger partial charge in [0.15, 0.2) is 11.5 Å². The van der Waals surface area contributed by atoms with Gasteiger partial charge in [-0.2, -0.15) is 0 Å². The molecule has 3 aromatic rings. The van der Waals surface area contributed by atoms with Gasteiger partial charge in [0.1, 0.15) is 0 Å². The Labute approximate surface area is 192 Å². The van der Waals surface area contributed by atoms with Gasteiger partial charge in [-0.3, -0.25) is 9.79 Å². The van der Waals surface area contributed by atoms with Gasteiger partial charge in [0, 0.05) is 61.6 Å². The van der Waals surface area contributed by atoms with Gasteiger partial charge in [0.25, 0.3) is 5.91 Å². The van der Waals surface area contributed by atoms with Crippen LogP contribution in [0.4, 0.5) is 21.5 Å². The van der Waals surface area contributed by atoms with E-state index in [0.29, 0.717) is 35.2 Å². The Morgan fingerprint density at radius 2 is 2.18 bits per heavy atom. The number of halogens is 1. The highest BCUT2D eigenvalue weighted by Crippen LogP contribution is 2.31. The minimum atomic E-state index is -0.510. The summed E-state index contributed by atoms with van der Waals surface area (Å²) in [5.74, 6) is -0.919. The van der Waals surface area contributed by atoms with Gasteiger partial charge in [0.2, 0.25) is 0 Å². The summed E-state index contributed by atoms with van der Waals surface area (Å²) in [6.45, 7) is 6.13. The van der Waals surface area contributed by atoms with Crippen LogP contribution in [-0.4, -0.2) is 66.2 Å². The van der Waals surface area contributed by atoms with Crippen molar-refractivity contribution in [2.45, 2.75) is 26.3 Å². The average molecular weight is 452 g/mol. The fourth-order valence-electron chi connectivity index (χ4n) is 4.25. The third-order valence-electron chi connectivity index (χ3n) is 6.03. The lowest BCUT2D eigenvalue weighted by atomic mass is 10.0. The maximum atomic E-state index is 14.4. The van der Waals surface area contributed by atoms with Crippen LogP contribution in [0.25, 0.3) is 5.65 Å². The Balaban J connectivity index is 1.65. The van der Waals surface area contributed by atoms with E-state index < -0.39 is 11.7 Å². The number of likely N-dealkylation sites (N-methyl/N-ethyl adjacent to an activating group) is 1. The van der Waals surface area contributed by atoms with Crippen LogP contribution in [0.3, 0.4) is 0 Å². The first-order chi connectivity index (χ1) is 15.8. The van der Waals surface area contributed by atoms with Crippen molar-refractivity contribution in [1.82, 2.24) is 14.3 Å². The second-order valence-electron chi connectivity index (χ2n) is 8.58. The van der Waals surface area contributed by atoms with Crippen molar-refractivity contribution in [2.75, 3.05) is 49.7 Å². The standard InChI is InChI=1S/C24H30FN7O/c1-5-27-11-19-21(31-9-8-17(14-31)30(3)4)7-6-18(22(19)26)24(33)29-16-10-20(25)23-28-15(2)12-32(23)13-16/h6-7,10-13,17H,5,8-9,14,26H2,1-4H3,(H,29,33). The summed E-state index contributed by atoms with van der Waals surface area (Å²) in [5.41, 5.74) is 10.1. The number of nitrogens with two attached hydrogens (primary N) is 1. The maximum Gasteiger partial charge on any atom is 0.257 e. The molecule has 3 N–H and O–H groups in total. The van der Waals surface area contributed by atoms with E-state index in [0.717, 1.165) is 30.8 Å². The van der Waals surface area contributed by atoms with Gasteiger partial charge in [-0.25, -0.2) is 9.37 Å². The van der Waals surface area contributed by atoms with Crippen LogP contribution >= 0.6 is 0 Å². The van der Waals surface area contributed by atoms with Crippen LogP contribution in [0.15, 0.2) is 35.6 Å². The SMILES string of the molecule is CCN=Cc1c(N2CCC(N(C)C)C2)ccc(C(=O)Nc2cc(F)c3nc(C)cn3c2)c1N. The normalized spacial score (nSPS) is 16.4. The molecule has 174 valence electrons. The Kier molecular flexibility index (Phi) is 6.33. The number of carbonyl (C=O) groups excluding carboxylic acids is 1. The zero-order chi connectivity index (χ0) is 23.7. The number of aliphatic imine (C=N–C) groups is 1. The van der Waals surface area contributed by atoms with Crippen molar-refractivity contribution in [1.29, 1.82) is 0 Å². The maximum absolute atomic E-state index is 14.4. The second-order valence-corrected chi connectivity index (χ2v) is 8.58. The Hall–Kier alpha value is -3.46. The molecule has 1 saturated heterocycles. The number of hydrogen-bond acceptors (Lipinski definition) is 6. The van der Waals surface area contributed by atoms with Crippen LogP contribution in [0, 0.1) is 12.7 Å². The molecule has 1 aliphatic heterocycles. The molecule has 9 heteroatoms.